The van der Waals surface area contributed by atoms with Gasteiger partial charge in [-0.1, -0.05) is 12.1 Å². The first-order valence-corrected chi connectivity index (χ1v) is 10.9. The van der Waals surface area contributed by atoms with Crippen LogP contribution in [0.3, 0.4) is 0 Å². The lowest BCUT2D eigenvalue weighted by Gasteiger charge is -2.07. The third-order valence-corrected chi connectivity index (χ3v) is 5.32. The number of nitriles is 1. The van der Waals surface area contributed by atoms with Crippen LogP contribution in [0.15, 0.2) is 54.1 Å². The van der Waals surface area contributed by atoms with Crippen molar-refractivity contribution >= 4 is 29.4 Å². The summed E-state index contributed by atoms with van der Waals surface area (Å²) in [5.74, 6) is -0.740. The number of Topliss-reactive ketones (excluding diaryl/α,β-unsaturated/α-hetero) is 1. The van der Waals surface area contributed by atoms with Crippen LogP contribution in [0.25, 0.3) is 6.08 Å². The Morgan fingerprint density at radius 2 is 1.83 bits per heavy atom. The summed E-state index contributed by atoms with van der Waals surface area (Å²) in [5.41, 5.74) is 2.74. The molecule has 2 aromatic carbocycles. The van der Waals surface area contributed by atoms with Crippen molar-refractivity contribution in [3.8, 4) is 11.8 Å². The van der Waals surface area contributed by atoms with E-state index in [-0.39, 0.29) is 29.3 Å². The van der Waals surface area contributed by atoms with E-state index in [0.29, 0.717) is 33.8 Å². The second-order valence-electron chi connectivity index (χ2n) is 7.65. The van der Waals surface area contributed by atoms with Crippen molar-refractivity contribution in [3.05, 3.63) is 87.7 Å². The highest BCUT2D eigenvalue weighted by Gasteiger charge is 2.24. The van der Waals surface area contributed by atoms with Crippen molar-refractivity contribution in [2.24, 2.45) is 0 Å². The summed E-state index contributed by atoms with van der Waals surface area (Å²) in [6, 6.07) is 15.4. The first kappa shape index (κ1) is 25.0. The summed E-state index contributed by atoms with van der Waals surface area (Å²) in [6.07, 6.45) is 1.44. The number of hydrogen-bond donors (Lipinski definition) is 2. The highest BCUT2D eigenvalue weighted by atomic mass is 16.5. The SMILES string of the molecule is CCOC(=O)c1c(C)[nH]c(C(=O)/C(C#N)=C/c2cccc(NC(=O)c3ccc(OC)cc3)c2)c1C. The molecule has 0 bridgehead atoms. The number of ketones is 1. The molecule has 0 aliphatic heterocycles. The molecule has 0 aliphatic rings. The van der Waals surface area contributed by atoms with Crippen LogP contribution in [0.4, 0.5) is 5.69 Å². The zero-order valence-corrected chi connectivity index (χ0v) is 19.9. The highest BCUT2D eigenvalue weighted by Crippen LogP contribution is 2.23. The van der Waals surface area contributed by atoms with Gasteiger partial charge in [-0.25, -0.2) is 4.79 Å². The van der Waals surface area contributed by atoms with Gasteiger partial charge in [0.1, 0.15) is 17.4 Å². The molecule has 0 saturated heterocycles. The molecule has 1 aromatic heterocycles. The molecular formula is C27H25N3O5. The zero-order chi connectivity index (χ0) is 25.5. The Labute approximate surface area is 203 Å². The molecule has 35 heavy (non-hydrogen) atoms. The number of H-pyrrole nitrogens is 1. The van der Waals surface area contributed by atoms with Gasteiger partial charge < -0.3 is 19.8 Å². The molecule has 3 aromatic rings. The third kappa shape index (κ3) is 5.65. The van der Waals surface area contributed by atoms with Gasteiger partial charge in [0.2, 0.25) is 5.78 Å². The minimum absolute atomic E-state index is 0.122. The van der Waals surface area contributed by atoms with E-state index in [9.17, 15) is 19.6 Å². The van der Waals surface area contributed by atoms with Crippen molar-refractivity contribution in [1.82, 2.24) is 4.98 Å². The number of ether oxygens (including phenoxy) is 2. The fourth-order valence-electron chi connectivity index (χ4n) is 3.59. The summed E-state index contributed by atoms with van der Waals surface area (Å²) in [5, 5.41) is 12.5. The lowest BCUT2D eigenvalue weighted by molar-refractivity contribution is 0.0524. The van der Waals surface area contributed by atoms with Gasteiger partial charge in [0.15, 0.2) is 0 Å². The van der Waals surface area contributed by atoms with Gasteiger partial charge in [-0.2, -0.15) is 5.26 Å². The second-order valence-corrected chi connectivity index (χ2v) is 7.65. The monoisotopic (exact) mass is 471 g/mol. The summed E-state index contributed by atoms with van der Waals surface area (Å²) in [7, 11) is 1.55. The van der Waals surface area contributed by atoms with Crippen LogP contribution < -0.4 is 10.1 Å². The van der Waals surface area contributed by atoms with Crippen LogP contribution in [0.2, 0.25) is 0 Å². The molecule has 2 N–H and O–H groups in total. The number of allylic oxidation sites excluding steroid dienone is 1. The maximum atomic E-state index is 13.1. The van der Waals surface area contributed by atoms with Crippen LogP contribution in [0.5, 0.6) is 5.75 Å². The number of nitrogens with zero attached hydrogens (tertiary/aromatic N) is 1. The van der Waals surface area contributed by atoms with Gasteiger partial charge in [0.05, 0.1) is 25.0 Å². The predicted molar refractivity (Wildman–Crippen MR) is 132 cm³/mol. The van der Waals surface area contributed by atoms with Gasteiger partial charge in [-0.3, -0.25) is 9.59 Å². The largest absolute Gasteiger partial charge is 0.497 e. The smallest absolute Gasteiger partial charge is 0.340 e. The van der Waals surface area contributed by atoms with Crippen molar-refractivity contribution in [3.63, 3.8) is 0 Å². The molecular weight excluding hydrogens is 446 g/mol. The van der Waals surface area contributed by atoms with Crippen LogP contribution >= 0.6 is 0 Å². The number of amides is 1. The summed E-state index contributed by atoms with van der Waals surface area (Å²) in [4.78, 5) is 40.8. The third-order valence-electron chi connectivity index (χ3n) is 5.32. The normalized spacial score (nSPS) is 10.9. The maximum absolute atomic E-state index is 13.1. The quantitative estimate of drug-likeness (QED) is 0.209. The molecule has 0 spiro atoms. The number of carbonyl (C=O) groups is 3. The Balaban J connectivity index is 1.84. The average molecular weight is 472 g/mol. The van der Waals surface area contributed by atoms with Crippen LogP contribution in [-0.4, -0.2) is 36.4 Å². The highest BCUT2D eigenvalue weighted by molar-refractivity contribution is 6.15. The Bertz CT molecular complexity index is 1340. The van der Waals surface area contributed by atoms with Crippen LogP contribution in [0.1, 0.15) is 54.9 Å². The van der Waals surface area contributed by atoms with Crippen molar-refractivity contribution in [2.45, 2.75) is 20.8 Å². The minimum atomic E-state index is -0.545. The number of benzene rings is 2. The molecule has 0 radical (unpaired) electrons. The van der Waals surface area contributed by atoms with E-state index in [0.717, 1.165) is 0 Å². The summed E-state index contributed by atoms with van der Waals surface area (Å²) < 4.78 is 10.2. The van der Waals surface area contributed by atoms with Crippen molar-refractivity contribution in [1.29, 1.82) is 5.26 Å². The Kier molecular flexibility index (Phi) is 7.85. The van der Waals surface area contributed by atoms with E-state index in [4.69, 9.17) is 9.47 Å². The number of hydrogen-bond acceptors (Lipinski definition) is 6. The van der Waals surface area contributed by atoms with Gasteiger partial charge >= 0.3 is 5.97 Å². The lowest BCUT2D eigenvalue weighted by Crippen LogP contribution is -2.11. The lowest BCUT2D eigenvalue weighted by atomic mass is 10.0. The molecule has 0 unspecified atom stereocenters. The number of rotatable bonds is 8. The predicted octanol–water partition coefficient (Wildman–Crippen LogP) is 4.86. The molecule has 8 heteroatoms. The fraction of sp³-hybridized carbons (Fsp3) is 0.185. The van der Waals surface area contributed by atoms with E-state index in [1.807, 2.05) is 6.07 Å². The van der Waals surface area contributed by atoms with Crippen molar-refractivity contribution < 1.29 is 23.9 Å². The van der Waals surface area contributed by atoms with E-state index >= 15 is 0 Å². The number of anilines is 1. The minimum Gasteiger partial charge on any atom is -0.497 e. The van der Waals surface area contributed by atoms with E-state index in [2.05, 4.69) is 10.3 Å². The molecule has 8 nitrogen and oxygen atoms in total. The zero-order valence-electron chi connectivity index (χ0n) is 19.9. The average Bonchev–Trinajstić information content (AvgIpc) is 3.16. The van der Waals surface area contributed by atoms with E-state index in [1.165, 1.54) is 6.08 Å². The van der Waals surface area contributed by atoms with E-state index in [1.54, 1.807) is 76.4 Å². The van der Waals surface area contributed by atoms with Crippen molar-refractivity contribution in [2.75, 3.05) is 19.0 Å². The first-order valence-electron chi connectivity index (χ1n) is 10.9. The van der Waals surface area contributed by atoms with Crippen LogP contribution in [0, 0.1) is 25.2 Å². The number of aryl methyl sites for hydroxylation is 1. The number of esters is 1. The van der Waals surface area contributed by atoms with Gasteiger partial charge in [0.25, 0.3) is 5.91 Å². The number of nitrogens with one attached hydrogen (secondary N) is 2. The molecule has 1 heterocycles. The van der Waals surface area contributed by atoms with Crippen LogP contribution in [-0.2, 0) is 4.74 Å². The standard InChI is InChI=1S/C27H25N3O5/c1-5-35-27(33)23-16(2)24(29-17(23)3)25(31)20(15-28)13-18-7-6-8-21(14-18)30-26(32)19-9-11-22(34-4)12-10-19/h6-14,29H,5H2,1-4H3,(H,30,32)/b20-13+. The molecule has 0 fully saturated rings. The summed E-state index contributed by atoms with van der Waals surface area (Å²) >= 11 is 0. The second kappa shape index (κ2) is 11.0. The Morgan fingerprint density at radius 3 is 2.46 bits per heavy atom. The first-order chi connectivity index (χ1) is 16.8. The molecule has 0 saturated carbocycles. The molecule has 0 atom stereocenters. The molecule has 0 aliphatic carbocycles. The number of methoxy groups -OCH3 is 1. The fourth-order valence-corrected chi connectivity index (χ4v) is 3.59. The van der Waals surface area contributed by atoms with E-state index < -0.39 is 11.8 Å². The molecule has 3 rings (SSSR count). The maximum Gasteiger partial charge on any atom is 0.340 e. The Morgan fingerprint density at radius 1 is 1.11 bits per heavy atom. The molecule has 1 amide bonds. The topological polar surface area (TPSA) is 121 Å². The van der Waals surface area contributed by atoms with Gasteiger partial charge in [-0.05, 0) is 74.4 Å². The van der Waals surface area contributed by atoms with Gasteiger partial charge in [0, 0.05) is 16.9 Å². The molecule has 178 valence electrons. The number of carbonyl (C=O) groups excluding carboxylic acids is 3. The summed E-state index contributed by atoms with van der Waals surface area (Å²) in [6.45, 7) is 5.21. The number of aromatic nitrogens is 1. The number of aromatic amines is 1. The van der Waals surface area contributed by atoms with Gasteiger partial charge in [-0.15, -0.1) is 0 Å². The Hall–Kier alpha value is -4.64.